The van der Waals surface area contributed by atoms with Gasteiger partial charge in [0, 0.05) is 12.0 Å². The maximum absolute atomic E-state index is 12.2. The first-order valence-corrected chi connectivity index (χ1v) is 20.6. The molecule has 3 aliphatic carbocycles. The average molecular weight is 869 g/mol. The molecule has 0 aromatic rings. The summed E-state index contributed by atoms with van der Waals surface area (Å²) in [6, 6.07) is 0. The third-order valence-electron chi connectivity index (χ3n) is 12.0. The topological polar surface area (TPSA) is 360 Å². The zero-order valence-corrected chi connectivity index (χ0v) is 33.3. The Labute approximate surface area is 346 Å². The predicted molar refractivity (Wildman–Crippen MR) is 200 cm³/mol. The maximum atomic E-state index is 12.2. The van der Waals surface area contributed by atoms with Gasteiger partial charge in [0.25, 0.3) is 0 Å². The van der Waals surface area contributed by atoms with Crippen molar-refractivity contribution in [3.8, 4) is 0 Å². The van der Waals surface area contributed by atoms with Crippen molar-refractivity contribution in [1.82, 2.24) is 0 Å². The molecule has 21 nitrogen and oxygen atoms in total. The molecule has 0 aromatic carbocycles. The molecular formula is C39H64O21. The second kappa shape index (κ2) is 23.8. The summed E-state index contributed by atoms with van der Waals surface area (Å²) in [4.78, 5) is 34.3. The molecule has 21 heteroatoms. The van der Waals surface area contributed by atoms with E-state index in [0.29, 0.717) is 32.1 Å². The molecule has 4 aliphatic rings. The molecule has 17 atom stereocenters. The van der Waals surface area contributed by atoms with Crippen LogP contribution in [0.25, 0.3) is 0 Å². The number of esters is 2. The van der Waals surface area contributed by atoms with E-state index in [1.807, 2.05) is 0 Å². The Morgan fingerprint density at radius 3 is 1.72 bits per heavy atom. The molecule has 60 heavy (non-hydrogen) atoms. The lowest BCUT2D eigenvalue weighted by Crippen LogP contribution is -2.58. The van der Waals surface area contributed by atoms with E-state index in [2.05, 4.69) is 4.74 Å². The van der Waals surface area contributed by atoms with Gasteiger partial charge in [0.15, 0.2) is 0 Å². The second-order valence-corrected chi connectivity index (χ2v) is 16.7. The van der Waals surface area contributed by atoms with E-state index in [-0.39, 0.29) is 50.0 Å². The molecule has 0 bridgehead atoms. The molecule has 0 spiro atoms. The van der Waals surface area contributed by atoms with Crippen LogP contribution in [0.1, 0.15) is 70.6 Å². The van der Waals surface area contributed by atoms with Crippen LogP contribution in [0.5, 0.6) is 0 Å². The van der Waals surface area contributed by atoms with Crippen LogP contribution in [-0.2, 0) is 38.1 Å². The minimum absolute atomic E-state index is 0.0419. The standard InChI is InChI=1S/C39H64O21/c40-20-5-1-18(2-6-20)3-8-33(50)58-16-27(46)37(54)36(53)26(45)15-57-31-12-22-29(10-21(41)11-30(22)60-39(31)19-4-7-23(42)24(43)9-19)56-14-25(44)35(52)38(55)28(47)17-59-34(51)13-32(48)49/h3,8,18-31,35-47,52-55H,1-2,4-7,9-17H2,(H,48,49). The Kier molecular flexibility index (Phi) is 19.9. The van der Waals surface area contributed by atoms with E-state index < -0.39 is 148 Å². The van der Waals surface area contributed by atoms with Gasteiger partial charge in [-0.2, -0.15) is 0 Å². The number of fused-ring (bicyclic) bond motifs is 1. The summed E-state index contributed by atoms with van der Waals surface area (Å²) in [5, 5.41) is 134. The zero-order chi connectivity index (χ0) is 44.3. The highest BCUT2D eigenvalue weighted by atomic mass is 16.6. The highest BCUT2D eigenvalue weighted by Gasteiger charge is 2.50. The Hall–Kier alpha value is -2.45. The normalized spacial score (nSPS) is 35.2. The molecule has 17 unspecified atom stereocenters. The molecule has 1 heterocycles. The van der Waals surface area contributed by atoms with Crippen LogP contribution in [0, 0.1) is 17.8 Å². The molecule has 346 valence electrons. The van der Waals surface area contributed by atoms with Gasteiger partial charge in [0.1, 0.15) is 68.5 Å². The number of hydrogen-bond acceptors (Lipinski definition) is 20. The van der Waals surface area contributed by atoms with Crippen LogP contribution in [0.2, 0.25) is 0 Å². The lowest BCUT2D eigenvalue weighted by atomic mass is 9.72. The van der Waals surface area contributed by atoms with Crippen molar-refractivity contribution in [2.45, 2.75) is 168 Å². The molecule has 0 aromatic heterocycles. The van der Waals surface area contributed by atoms with Gasteiger partial charge in [-0.25, -0.2) is 4.79 Å². The van der Waals surface area contributed by atoms with Gasteiger partial charge in [-0.3, -0.25) is 9.59 Å². The zero-order valence-electron chi connectivity index (χ0n) is 33.3. The number of ether oxygens (including phenoxy) is 5. The molecule has 4 rings (SSSR count). The lowest BCUT2D eigenvalue weighted by molar-refractivity contribution is -0.241. The van der Waals surface area contributed by atoms with Crippen molar-refractivity contribution in [1.29, 1.82) is 0 Å². The quantitative estimate of drug-likeness (QED) is 0.0295. The number of aliphatic hydroxyl groups excluding tert-OH is 12. The summed E-state index contributed by atoms with van der Waals surface area (Å²) < 4.78 is 28.1. The molecule has 4 fully saturated rings. The highest BCUT2D eigenvalue weighted by molar-refractivity contribution is 5.90. The number of hydrogen-bond donors (Lipinski definition) is 13. The lowest BCUT2D eigenvalue weighted by Gasteiger charge is -2.50. The minimum Gasteiger partial charge on any atom is -0.481 e. The molecule has 13 N–H and O–H groups in total. The monoisotopic (exact) mass is 868 g/mol. The number of rotatable bonds is 21. The second-order valence-electron chi connectivity index (χ2n) is 16.7. The fourth-order valence-electron chi connectivity index (χ4n) is 8.43. The average Bonchev–Trinajstić information content (AvgIpc) is 3.21. The SMILES string of the molecule is O=C(O)CC(=O)OCC(O)C(O)C(O)C(O)COC1CC(O)CC2OC(C3CCC(O)C(O)C3)C(OCC(O)C(O)C(O)C(O)COC(=O)C=CC3CCC(O)CC3)CC12. The van der Waals surface area contributed by atoms with E-state index in [9.17, 15) is 75.7 Å². The number of carboxylic acid groups (broad SMARTS) is 1. The van der Waals surface area contributed by atoms with Crippen molar-refractivity contribution in [2.75, 3.05) is 26.4 Å². The third-order valence-corrected chi connectivity index (χ3v) is 12.0. The van der Waals surface area contributed by atoms with Gasteiger partial charge >= 0.3 is 17.9 Å². The summed E-state index contributed by atoms with van der Waals surface area (Å²) in [7, 11) is 0. The van der Waals surface area contributed by atoms with Gasteiger partial charge in [0.2, 0.25) is 0 Å². The van der Waals surface area contributed by atoms with Crippen LogP contribution in [0.4, 0.5) is 0 Å². The van der Waals surface area contributed by atoms with Crippen LogP contribution in [0.3, 0.4) is 0 Å². The minimum atomic E-state index is -2.05. The molecule has 0 amide bonds. The van der Waals surface area contributed by atoms with Crippen LogP contribution < -0.4 is 0 Å². The summed E-state index contributed by atoms with van der Waals surface area (Å²) >= 11 is 0. The first-order valence-electron chi connectivity index (χ1n) is 20.6. The Bertz CT molecular complexity index is 1360. The Balaban J connectivity index is 1.35. The number of carbonyl (C=O) groups excluding carboxylic acids is 2. The Morgan fingerprint density at radius 2 is 1.15 bits per heavy atom. The number of aliphatic carboxylic acids is 1. The van der Waals surface area contributed by atoms with Crippen LogP contribution >= 0.6 is 0 Å². The fraction of sp³-hybridized carbons (Fsp3) is 0.872. The van der Waals surface area contributed by atoms with E-state index in [0.717, 1.165) is 0 Å². The summed E-state index contributed by atoms with van der Waals surface area (Å²) in [6.45, 7) is -2.78. The number of carbonyl (C=O) groups is 3. The van der Waals surface area contributed by atoms with Crippen LogP contribution in [-0.4, -0.2) is 208 Å². The largest absolute Gasteiger partial charge is 0.481 e. The number of aliphatic hydroxyl groups is 12. The number of carboxylic acids is 1. The van der Waals surface area contributed by atoms with Crippen molar-refractivity contribution < 1.29 is 104 Å². The van der Waals surface area contributed by atoms with Gasteiger partial charge in [-0.15, -0.1) is 0 Å². The molecular weight excluding hydrogens is 804 g/mol. The smallest absolute Gasteiger partial charge is 0.330 e. The number of allylic oxidation sites excluding steroid dienone is 1. The summed E-state index contributed by atoms with van der Waals surface area (Å²) in [6.07, 6.45) is -16.0. The van der Waals surface area contributed by atoms with Crippen LogP contribution in [0.15, 0.2) is 12.2 Å². The van der Waals surface area contributed by atoms with Gasteiger partial charge < -0.3 is 90.1 Å². The summed E-state index contributed by atoms with van der Waals surface area (Å²) in [5.74, 6) is -4.28. The van der Waals surface area contributed by atoms with E-state index >= 15 is 0 Å². The predicted octanol–water partition coefficient (Wildman–Crippen LogP) is -4.24. The molecule has 0 radical (unpaired) electrons. The third kappa shape index (κ3) is 14.8. The maximum Gasteiger partial charge on any atom is 0.330 e. The van der Waals surface area contributed by atoms with Gasteiger partial charge in [-0.05, 0) is 76.0 Å². The van der Waals surface area contributed by atoms with E-state index in [1.54, 1.807) is 6.08 Å². The Morgan fingerprint density at radius 1 is 0.600 bits per heavy atom. The first kappa shape index (κ1) is 50.2. The van der Waals surface area contributed by atoms with Crippen molar-refractivity contribution in [3.05, 3.63) is 12.2 Å². The highest BCUT2D eigenvalue weighted by Crippen LogP contribution is 2.43. The first-order chi connectivity index (χ1) is 28.3. The summed E-state index contributed by atoms with van der Waals surface area (Å²) in [5.41, 5.74) is 0. The van der Waals surface area contributed by atoms with E-state index in [1.165, 1.54) is 6.08 Å². The molecule has 1 aliphatic heterocycles. The van der Waals surface area contributed by atoms with Crippen molar-refractivity contribution in [2.24, 2.45) is 17.8 Å². The van der Waals surface area contributed by atoms with E-state index in [4.69, 9.17) is 24.1 Å². The van der Waals surface area contributed by atoms with Crippen molar-refractivity contribution in [3.63, 3.8) is 0 Å². The molecule has 1 saturated heterocycles. The molecule has 3 saturated carbocycles. The fourth-order valence-corrected chi connectivity index (χ4v) is 8.43. The van der Waals surface area contributed by atoms with Crippen molar-refractivity contribution >= 4 is 17.9 Å². The van der Waals surface area contributed by atoms with Gasteiger partial charge in [0.05, 0.1) is 62.0 Å². The van der Waals surface area contributed by atoms with Gasteiger partial charge in [-0.1, -0.05) is 6.08 Å².